The molecule has 0 spiro atoms. The van der Waals surface area contributed by atoms with Crippen LogP contribution < -0.4 is 11.5 Å². The molecule has 0 fully saturated rings. The van der Waals surface area contributed by atoms with Gasteiger partial charge in [-0.3, -0.25) is 0 Å². The summed E-state index contributed by atoms with van der Waals surface area (Å²) in [6.07, 6.45) is 3.17. The summed E-state index contributed by atoms with van der Waals surface area (Å²) in [4.78, 5) is 0. The van der Waals surface area contributed by atoms with Crippen molar-refractivity contribution < 1.29 is 0 Å². The molecule has 0 amide bonds. The molecule has 0 heterocycles. The van der Waals surface area contributed by atoms with E-state index in [0.29, 0.717) is 0 Å². The molecule has 1 aromatic carbocycles. The lowest BCUT2D eigenvalue weighted by Gasteiger charge is -2.11. The van der Waals surface area contributed by atoms with E-state index in [-0.39, 0.29) is 6.04 Å². The predicted molar refractivity (Wildman–Crippen MR) is 64.0 cm³/mol. The minimum absolute atomic E-state index is 0.138. The van der Waals surface area contributed by atoms with Gasteiger partial charge in [0.15, 0.2) is 0 Å². The van der Waals surface area contributed by atoms with E-state index in [1.807, 2.05) is 12.1 Å². The van der Waals surface area contributed by atoms with Crippen molar-refractivity contribution in [2.75, 3.05) is 6.54 Å². The summed E-state index contributed by atoms with van der Waals surface area (Å²) >= 11 is 3.44. The Kier molecular flexibility index (Phi) is 5.15. The predicted octanol–water partition coefficient (Wildman–Crippen LogP) is 2.58. The number of unbranched alkanes of at least 4 members (excludes halogenated alkanes) is 1. The van der Waals surface area contributed by atoms with Crippen LogP contribution in [0.4, 0.5) is 0 Å². The maximum absolute atomic E-state index is 6.04. The van der Waals surface area contributed by atoms with Crippen LogP contribution in [0.1, 0.15) is 30.9 Å². The Labute approximate surface area is 93.8 Å². The molecule has 0 bridgehead atoms. The Morgan fingerprint density at radius 3 is 2.71 bits per heavy atom. The van der Waals surface area contributed by atoms with Crippen molar-refractivity contribution in [1.82, 2.24) is 0 Å². The van der Waals surface area contributed by atoms with Crippen molar-refractivity contribution in [1.29, 1.82) is 0 Å². The van der Waals surface area contributed by atoms with Gasteiger partial charge in [0, 0.05) is 10.5 Å². The van der Waals surface area contributed by atoms with Gasteiger partial charge in [-0.2, -0.15) is 0 Å². The average molecular weight is 257 g/mol. The molecule has 0 saturated heterocycles. The molecule has 0 saturated carbocycles. The molecule has 0 aromatic heterocycles. The first kappa shape index (κ1) is 11.7. The van der Waals surface area contributed by atoms with E-state index in [1.165, 1.54) is 5.56 Å². The first-order valence-electron chi connectivity index (χ1n) is 4.95. The number of rotatable bonds is 5. The van der Waals surface area contributed by atoms with Crippen molar-refractivity contribution in [2.45, 2.75) is 25.3 Å². The molecule has 0 aliphatic rings. The van der Waals surface area contributed by atoms with Crippen LogP contribution >= 0.6 is 15.9 Å². The average Bonchev–Trinajstić information content (AvgIpc) is 2.18. The second-order valence-electron chi connectivity index (χ2n) is 3.45. The molecule has 14 heavy (non-hydrogen) atoms. The second-order valence-corrected chi connectivity index (χ2v) is 4.36. The third-order valence-electron chi connectivity index (χ3n) is 2.25. The monoisotopic (exact) mass is 256 g/mol. The SMILES string of the molecule is NCCCC[C@@H](N)c1cccc(Br)c1. The van der Waals surface area contributed by atoms with Gasteiger partial charge in [-0.25, -0.2) is 0 Å². The Balaban J connectivity index is 2.47. The lowest BCUT2D eigenvalue weighted by molar-refractivity contribution is 0.591. The molecule has 1 atom stereocenters. The minimum atomic E-state index is 0.138. The maximum atomic E-state index is 6.04. The van der Waals surface area contributed by atoms with Crippen LogP contribution in [0.5, 0.6) is 0 Å². The Hall–Kier alpha value is -0.380. The van der Waals surface area contributed by atoms with Crippen LogP contribution in [0.3, 0.4) is 0 Å². The molecule has 0 aliphatic carbocycles. The number of benzene rings is 1. The van der Waals surface area contributed by atoms with E-state index in [0.717, 1.165) is 30.3 Å². The summed E-state index contributed by atoms with van der Waals surface area (Å²) in [5.74, 6) is 0. The summed E-state index contributed by atoms with van der Waals surface area (Å²) in [5, 5.41) is 0. The summed E-state index contributed by atoms with van der Waals surface area (Å²) in [7, 11) is 0. The summed E-state index contributed by atoms with van der Waals surface area (Å²) in [6.45, 7) is 0.755. The summed E-state index contributed by atoms with van der Waals surface area (Å²) in [5.41, 5.74) is 12.7. The molecule has 3 heteroatoms. The highest BCUT2D eigenvalue weighted by Gasteiger charge is 2.05. The first-order chi connectivity index (χ1) is 6.74. The standard InChI is InChI=1S/C11H17BrN2/c12-10-5-3-4-9(8-10)11(14)6-1-2-7-13/h3-5,8,11H,1-2,6-7,13-14H2/t11-/m1/s1. The highest BCUT2D eigenvalue weighted by atomic mass is 79.9. The molecule has 0 radical (unpaired) electrons. The first-order valence-corrected chi connectivity index (χ1v) is 5.74. The van der Waals surface area contributed by atoms with Crippen molar-refractivity contribution in [3.05, 3.63) is 34.3 Å². The van der Waals surface area contributed by atoms with Crippen molar-refractivity contribution in [2.24, 2.45) is 11.5 Å². The Bertz CT molecular complexity index is 276. The number of nitrogens with two attached hydrogens (primary N) is 2. The van der Waals surface area contributed by atoms with E-state index < -0.39 is 0 Å². The van der Waals surface area contributed by atoms with Gasteiger partial charge in [0.05, 0.1) is 0 Å². The van der Waals surface area contributed by atoms with Crippen LogP contribution in [0.25, 0.3) is 0 Å². The summed E-state index contributed by atoms with van der Waals surface area (Å²) in [6, 6.07) is 8.31. The molecule has 1 aromatic rings. The van der Waals surface area contributed by atoms with E-state index in [1.54, 1.807) is 0 Å². The molecular weight excluding hydrogens is 240 g/mol. The van der Waals surface area contributed by atoms with Gasteiger partial charge in [0.25, 0.3) is 0 Å². The van der Waals surface area contributed by atoms with E-state index in [2.05, 4.69) is 28.1 Å². The topological polar surface area (TPSA) is 52.0 Å². The molecule has 0 aliphatic heterocycles. The quantitative estimate of drug-likeness (QED) is 0.796. The Morgan fingerprint density at radius 1 is 1.29 bits per heavy atom. The number of hydrogen-bond donors (Lipinski definition) is 2. The highest BCUT2D eigenvalue weighted by molar-refractivity contribution is 9.10. The van der Waals surface area contributed by atoms with Crippen LogP contribution in [0.2, 0.25) is 0 Å². The molecule has 2 nitrogen and oxygen atoms in total. The Morgan fingerprint density at radius 2 is 2.07 bits per heavy atom. The third-order valence-corrected chi connectivity index (χ3v) is 2.74. The van der Waals surface area contributed by atoms with Crippen molar-refractivity contribution in [3.8, 4) is 0 Å². The molecule has 1 rings (SSSR count). The smallest absolute Gasteiger partial charge is 0.0295 e. The zero-order valence-electron chi connectivity index (χ0n) is 8.25. The lowest BCUT2D eigenvalue weighted by atomic mass is 10.0. The zero-order valence-corrected chi connectivity index (χ0v) is 9.83. The van der Waals surface area contributed by atoms with Crippen LogP contribution in [0.15, 0.2) is 28.7 Å². The van der Waals surface area contributed by atoms with Crippen molar-refractivity contribution in [3.63, 3.8) is 0 Å². The van der Waals surface area contributed by atoms with Gasteiger partial charge >= 0.3 is 0 Å². The minimum Gasteiger partial charge on any atom is -0.330 e. The molecule has 0 unspecified atom stereocenters. The number of hydrogen-bond acceptors (Lipinski definition) is 2. The van der Waals surface area contributed by atoms with Crippen molar-refractivity contribution >= 4 is 15.9 Å². The van der Waals surface area contributed by atoms with Gasteiger partial charge in [-0.15, -0.1) is 0 Å². The van der Waals surface area contributed by atoms with E-state index >= 15 is 0 Å². The highest BCUT2D eigenvalue weighted by Crippen LogP contribution is 2.20. The van der Waals surface area contributed by atoms with Gasteiger partial charge in [0.1, 0.15) is 0 Å². The van der Waals surface area contributed by atoms with E-state index in [9.17, 15) is 0 Å². The zero-order chi connectivity index (χ0) is 10.4. The van der Waals surface area contributed by atoms with Gasteiger partial charge in [-0.1, -0.05) is 34.5 Å². The molecular formula is C11H17BrN2. The number of halogens is 1. The maximum Gasteiger partial charge on any atom is 0.0295 e. The lowest BCUT2D eigenvalue weighted by Crippen LogP contribution is -2.10. The molecule has 4 N–H and O–H groups in total. The second kappa shape index (κ2) is 6.17. The third kappa shape index (κ3) is 3.78. The van der Waals surface area contributed by atoms with E-state index in [4.69, 9.17) is 11.5 Å². The fourth-order valence-electron chi connectivity index (χ4n) is 1.41. The van der Waals surface area contributed by atoms with Gasteiger partial charge in [-0.05, 0) is 37.1 Å². The fraction of sp³-hybridized carbons (Fsp3) is 0.455. The van der Waals surface area contributed by atoms with Crippen LogP contribution in [-0.2, 0) is 0 Å². The fourth-order valence-corrected chi connectivity index (χ4v) is 1.83. The molecule has 78 valence electrons. The van der Waals surface area contributed by atoms with Gasteiger partial charge < -0.3 is 11.5 Å². The van der Waals surface area contributed by atoms with Crippen LogP contribution in [0, 0.1) is 0 Å². The van der Waals surface area contributed by atoms with Crippen LogP contribution in [-0.4, -0.2) is 6.54 Å². The summed E-state index contributed by atoms with van der Waals surface area (Å²) < 4.78 is 1.09. The van der Waals surface area contributed by atoms with Gasteiger partial charge in [0.2, 0.25) is 0 Å². The largest absolute Gasteiger partial charge is 0.330 e. The normalized spacial score (nSPS) is 12.8.